The number of aryl methyl sites for hydroxylation is 1. The molecule has 12 heteroatoms. The molecule has 0 fully saturated rings. The summed E-state index contributed by atoms with van der Waals surface area (Å²) in [6.45, 7) is 2.03. The normalized spacial score (nSPS) is 13.4. The number of aromatic nitrogens is 2. The fraction of sp³-hybridized carbons (Fsp3) is 0.280. The van der Waals surface area contributed by atoms with E-state index in [-0.39, 0.29) is 23.8 Å². The van der Waals surface area contributed by atoms with Gasteiger partial charge in [-0.2, -0.15) is 18.2 Å². The summed E-state index contributed by atoms with van der Waals surface area (Å²) in [7, 11) is 6.48. The van der Waals surface area contributed by atoms with Gasteiger partial charge in [-0.15, -0.1) is 0 Å². The molecular weight excluding hydrogens is 487 g/mol. The van der Waals surface area contributed by atoms with Crippen molar-refractivity contribution < 1.29 is 22.8 Å². The lowest BCUT2D eigenvalue weighted by molar-refractivity contribution is -0.137. The lowest BCUT2D eigenvalue weighted by Crippen LogP contribution is -2.46. The lowest BCUT2D eigenvalue weighted by Gasteiger charge is -2.35. The monoisotopic (exact) mass is 513 g/mol. The fourth-order valence-electron chi connectivity index (χ4n) is 3.96. The van der Waals surface area contributed by atoms with E-state index < -0.39 is 17.6 Å². The SMILES string of the molecule is CNc1ncc2c(n1)N(C)C(=O)N(c1cc(NC(=O)c3cc(N(C)C)cc(C(F)(F)F)c3)ccc1C)C2. The van der Waals surface area contributed by atoms with Crippen molar-refractivity contribution in [2.75, 3.05) is 53.5 Å². The maximum Gasteiger partial charge on any atom is 0.416 e. The van der Waals surface area contributed by atoms with E-state index in [9.17, 15) is 22.8 Å². The molecule has 2 aromatic carbocycles. The summed E-state index contributed by atoms with van der Waals surface area (Å²) in [5.74, 6) is 0.174. The molecule has 3 amide bonds. The maximum absolute atomic E-state index is 13.4. The molecule has 1 aromatic heterocycles. The number of carbonyl (C=O) groups excluding carboxylic acids is 2. The zero-order valence-corrected chi connectivity index (χ0v) is 20.9. The number of benzene rings is 2. The van der Waals surface area contributed by atoms with E-state index in [1.165, 1.54) is 20.8 Å². The van der Waals surface area contributed by atoms with Crippen LogP contribution >= 0.6 is 0 Å². The minimum absolute atomic E-state index is 0.138. The second-order valence-electron chi connectivity index (χ2n) is 8.84. The highest BCUT2D eigenvalue weighted by Gasteiger charge is 2.33. The summed E-state index contributed by atoms with van der Waals surface area (Å²) in [5, 5.41) is 5.51. The lowest BCUT2D eigenvalue weighted by atomic mass is 10.1. The summed E-state index contributed by atoms with van der Waals surface area (Å²) >= 11 is 0. The first-order valence-corrected chi connectivity index (χ1v) is 11.3. The van der Waals surface area contributed by atoms with E-state index in [1.807, 2.05) is 6.92 Å². The van der Waals surface area contributed by atoms with Crippen LogP contribution in [0.3, 0.4) is 0 Å². The van der Waals surface area contributed by atoms with Crippen molar-refractivity contribution >= 4 is 40.8 Å². The molecule has 0 bridgehead atoms. The third-order valence-corrected chi connectivity index (χ3v) is 6.01. The van der Waals surface area contributed by atoms with Crippen molar-refractivity contribution in [3.63, 3.8) is 0 Å². The number of halogens is 3. The molecule has 9 nitrogen and oxygen atoms in total. The van der Waals surface area contributed by atoms with Crippen molar-refractivity contribution in [2.45, 2.75) is 19.6 Å². The number of nitrogens with one attached hydrogen (secondary N) is 2. The van der Waals surface area contributed by atoms with E-state index in [2.05, 4.69) is 20.6 Å². The van der Waals surface area contributed by atoms with Gasteiger partial charge >= 0.3 is 12.2 Å². The van der Waals surface area contributed by atoms with Crippen molar-refractivity contribution in [1.82, 2.24) is 9.97 Å². The van der Waals surface area contributed by atoms with Gasteiger partial charge < -0.3 is 15.5 Å². The summed E-state index contributed by atoms with van der Waals surface area (Å²) in [6.07, 6.45) is -2.96. The summed E-state index contributed by atoms with van der Waals surface area (Å²) in [4.78, 5) is 39.2. The zero-order chi connectivity index (χ0) is 27.1. The number of anilines is 5. The summed E-state index contributed by atoms with van der Waals surface area (Å²) in [5.41, 5.74) is 1.56. The van der Waals surface area contributed by atoms with Gasteiger partial charge in [0.1, 0.15) is 5.82 Å². The number of hydrogen-bond acceptors (Lipinski definition) is 6. The number of rotatable bonds is 5. The molecular formula is C25H26F3N7O2. The van der Waals surface area contributed by atoms with E-state index in [0.717, 1.165) is 23.3 Å². The molecule has 37 heavy (non-hydrogen) atoms. The van der Waals surface area contributed by atoms with Crippen LogP contribution in [0.2, 0.25) is 0 Å². The molecule has 0 aliphatic carbocycles. The molecule has 194 valence electrons. The van der Waals surface area contributed by atoms with Crippen molar-refractivity contribution in [1.29, 1.82) is 0 Å². The second-order valence-corrected chi connectivity index (χ2v) is 8.84. The van der Waals surface area contributed by atoms with Crippen LogP contribution in [0.15, 0.2) is 42.6 Å². The van der Waals surface area contributed by atoms with Crippen LogP contribution in [0, 0.1) is 6.92 Å². The highest BCUT2D eigenvalue weighted by atomic mass is 19.4. The molecule has 0 spiro atoms. The van der Waals surface area contributed by atoms with Crippen LogP contribution in [-0.4, -0.2) is 50.1 Å². The van der Waals surface area contributed by atoms with Gasteiger partial charge in [0.2, 0.25) is 5.95 Å². The Balaban J connectivity index is 1.64. The molecule has 0 saturated heterocycles. The van der Waals surface area contributed by atoms with Crippen LogP contribution in [0.4, 0.5) is 46.8 Å². The minimum Gasteiger partial charge on any atom is -0.378 e. The van der Waals surface area contributed by atoms with Crippen molar-refractivity contribution in [3.05, 3.63) is 64.8 Å². The van der Waals surface area contributed by atoms with Crippen LogP contribution in [-0.2, 0) is 12.7 Å². The summed E-state index contributed by atoms with van der Waals surface area (Å²) < 4.78 is 40.3. The molecule has 0 unspecified atom stereocenters. The number of alkyl halides is 3. The number of carbonyl (C=O) groups is 2. The Kier molecular flexibility index (Phi) is 6.68. The summed E-state index contributed by atoms with van der Waals surface area (Å²) in [6, 6.07) is 7.84. The van der Waals surface area contributed by atoms with E-state index in [1.54, 1.807) is 52.6 Å². The average Bonchev–Trinajstić information content (AvgIpc) is 2.86. The average molecular weight is 514 g/mol. The molecule has 3 aromatic rings. The number of urea groups is 1. The molecule has 2 N–H and O–H groups in total. The Morgan fingerprint density at radius 1 is 1.14 bits per heavy atom. The molecule has 0 radical (unpaired) electrons. The third kappa shape index (κ3) is 5.13. The van der Waals surface area contributed by atoms with Gasteiger partial charge in [-0.1, -0.05) is 6.07 Å². The van der Waals surface area contributed by atoms with Gasteiger partial charge in [0.15, 0.2) is 0 Å². The topological polar surface area (TPSA) is 93.7 Å². The highest BCUT2D eigenvalue weighted by molar-refractivity contribution is 6.07. The Morgan fingerprint density at radius 3 is 2.51 bits per heavy atom. The molecule has 0 saturated carbocycles. The maximum atomic E-state index is 13.4. The Hall–Kier alpha value is -4.35. The zero-order valence-electron chi connectivity index (χ0n) is 20.9. The Morgan fingerprint density at radius 2 is 1.86 bits per heavy atom. The third-order valence-electron chi connectivity index (χ3n) is 6.01. The second kappa shape index (κ2) is 9.60. The standard InChI is InChI=1S/C25H26F3N7O2/c1-14-6-7-18(31-22(36)15-8-17(25(26,27)28)10-19(9-15)33(3)4)11-20(14)35-13-16-12-30-23(29-2)32-21(16)34(5)24(35)37/h6-12H,13H2,1-5H3,(H,31,36)(H,29,30,32). The highest BCUT2D eigenvalue weighted by Crippen LogP contribution is 2.35. The number of fused-ring (bicyclic) bond motifs is 1. The van der Waals surface area contributed by atoms with Gasteiger partial charge in [-0.3, -0.25) is 14.6 Å². The van der Waals surface area contributed by atoms with Gasteiger partial charge in [-0.25, -0.2) is 9.78 Å². The molecule has 4 rings (SSSR count). The first-order chi connectivity index (χ1) is 17.4. The van der Waals surface area contributed by atoms with E-state index in [4.69, 9.17) is 0 Å². The smallest absolute Gasteiger partial charge is 0.378 e. The fourth-order valence-corrected chi connectivity index (χ4v) is 3.96. The van der Waals surface area contributed by atoms with Gasteiger partial charge in [-0.05, 0) is 42.8 Å². The van der Waals surface area contributed by atoms with E-state index in [0.29, 0.717) is 23.1 Å². The predicted octanol–water partition coefficient (Wildman–Crippen LogP) is 4.74. The molecule has 2 heterocycles. The number of hydrogen-bond donors (Lipinski definition) is 2. The molecule has 1 aliphatic heterocycles. The Labute approximate surface area is 211 Å². The minimum atomic E-state index is -4.60. The quantitative estimate of drug-likeness (QED) is 0.512. The molecule has 1 aliphatic rings. The van der Waals surface area contributed by atoms with Gasteiger partial charge in [0, 0.05) is 56.9 Å². The van der Waals surface area contributed by atoms with E-state index >= 15 is 0 Å². The van der Waals surface area contributed by atoms with Crippen molar-refractivity contribution in [2.24, 2.45) is 0 Å². The molecule has 0 atom stereocenters. The van der Waals surface area contributed by atoms with Crippen molar-refractivity contribution in [3.8, 4) is 0 Å². The number of amides is 3. The largest absolute Gasteiger partial charge is 0.416 e. The first kappa shape index (κ1) is 25.7. The van der Waals surface area contributed by atoms with Gasteiger partial charge in [0.25, 0.3) is 5.91 Å². The Bertz CT molecular complexity index is 1370. The predicted molar refractivity (Wildman–Crippen MR) is 136 cm³/mol. The number of nitrogens with zero attached hydrogens (tertiary/aromatic N) is 5. The van der Waals surface area contributed by atoms with Crippen LogP contribution < -0.4 is 25.3 Å². The van der Waals surface area contributed by atoms with Crippen LogP contribution in [0.25, 0.3) is 0 Å². The van der Waals surface area contributed by atoms with Crippen LogP contribution in [0.1, 0.15) is 27.0 Å². The van der Waals surface area contributed by atoms with Crippen LogP contribution in [0.5, 0.6) is 0 Å². The van der Waals surface area contributed by atoms with Gasteiger partial charge in [0.05, 0.1) is 17.8 Å². The first-order valence-electron chi connectivity index (χ1n) is 11.3.